The molecule has 0 aliphatic heterocycles. The van der Waals surface area contributed by atoms with Gasteiger partial charge in [-0.05, 0) is 24.2 Å². The van der Waals surface area contributed by atoms with E-state index in [1.807, 2.05) is 20.8 Å². The summed E-state index contributed by atoms with van der Waals surface area (Å²) in [4.78, 5) is 0. The van der Waals surface area contributed by atoms with Gasteiger partial charge in [0, 0.05) is 0 Å². The quantitative estimate of drug-likeness (QED) is 0.663. The van der Waals surface area contributed by atoms with Crippen LogP contribution in [0.1, 0.15) is 40.0 Å². The first-order valence-electron chi connectivity index (χ1n) is 4.79. The van der Waals surface area contributed by atoms with E-state index in [1.54, 1.807) is 0 Å². The van der Waals surface area contributed by atoms with Gasteiger partial charge in [-0.3, -0.25) is 0 Å². The van der Waals surface area contributed by atoms with E-state index in [0.29, 0.717) is 5.92 Å². The molecule has 1 fully saturated rings. The zero-order valence-corrected chi connectivity index (χ0v) is 8.25. The highest BCUT2D eigenvalue weighted by Crippen LogP contribution is 2.35. The van der Waals surface area contributed by atoms with Gasteiger partial charge in [0.1, 0.15) is 0 Å². The van der Waals surface area contributed by atoms with Crippen molar-refractivity contribution in [1.29, 1.82) is 0 Å². The Labute approximate surface area is 74.6 Å². The molecule has 0 aromatic rings. The predicted molar refractivity (Wildman–Crippen MR) is 48.8 cm³/mol. The molecule has 0 aromatic heterocycles. The largest absolute Gasteiger partial charge is 0.390 e. The summed E-state index contributed by atoms with van der Waals surface area (Å²) >= 11 is 0. The Bertz CT molecular complexity index is 144. The highest BCUT2D eigenvalue weighted by molar-refractivity contribution is 4.87. The lowest BCUT2D eigenvalue weighted by molar-refractivity contribution is -0.0858. The Balaban J connectivity index is 2.45. The van der Waals surface area contributed by atoms with Crippen LogP contribution in [0, 0.1) is 11.3 Å². The highest BCUT2D eigenvalue weighted by Gasteiger charge is 2.36. The minimum Gasteiger partial charge on any atom is -0.390 e. The van der Waals surface area contributed by atoms with Crippen molar-refractivity contribution in [2.24, 2.45) is 11.3 Å². The van der Waals surface area contributed by atoms with Crippen LogP contribution in [0.5, 0.6) is 0 Å². The molecule has 12 heavy (non-hydrogen) atoms. The van der Waals surface area contributed by atoms with E-state index in [0.717, 1.165) is 12.8 Å². The Kier molecular flexibility index (Phi) is 2.79. The van der Waals surface area contributed by atoms with Crippen molar-refractivity contribution in [2.45, 2.75) is 52.2 Å². The second-order valence-corrected chi connectivity index (χ2v) is 4.99. The molecule has 1 aliphatic rings. The van der Waals surface area contributed by atoms with Crippen LogP contribution in [0.25, 0.3) is 0 Å². The first kappa shape index (κ1) is 10.0. The lowest BCUT2D eigenvalue weighted by Crippen LogP contribution is -2.44. The Morgan fingerprint density at radius 2 is 1.67 bits per heavy atom. The van der Waals surface area contributed by atoms with Crippen LogP contribution in [-0.2, 0) is 0 Å². The van der Waals surface area contributed by atoms with Crippen LogP contribution >= 0.6 is 0 Å². The number of hydrogen-bond donors (Lipinski definition) is 2. The topological polar surface area (TPSA) is 40.5 Å². The standard InChI is InChI=1S/C10H20O2/c1-10(2,3)9(12)8(11)7-5-4-6-7/h7-9,11-12H,4-6H2,1-3H3. The van der Waals surface area contributed by atoms with Crippen molar-refractivity contribution in [3.8, 4) is 0 Å². The number of rotatable bonds is 2. The van der Waals surface area contributed by atoms with Crippen LogP contribution in [0.2, 0.25) is 0 Å². The van der Waals surface area contributed by atoms with Gasteiger partial charge in [-0.2, -0.15) is 0 Å². The maximum atomic E-state index is 9.74. The van der Waals surface area contributed by atoms with E-state index in [9.17, 15) is 10.2 Å². The molecule has 0 radical (unpaired) electrons. The van der Waals surface area contributed by atoms with Crippen LogP contribution in [-0.4, -0.2) is 22.4 Å². The Morgan fingerprint density at radius 1 is 1.17 bits per heavy atom. The molecule has 0 saturated heterocycles. The summed E-state index contributed by atoms with van der Waals surface area (Å²) < 4.78 is 0. The van der Waals surface area contributed by atoms with E-state index in [4.69, 9.17) is 0 Å². The molecule has 2 nitrogen and oxygen atoms in total. The molecule has 0 bridgehead atoms. The molecular weight excluding hydrogens is 152 g/mol. The van der Waals surface area contributed by atoms with Gasteiger partial charge in [0.05, 0.1) is 12.2 Å². The third-order valence-corrected chi connectivity index (χ3v) is 2.84. The summed E-state index contributed by atoms with van der Waals surface area (Å²) in [6, 6.07) is 0. The van der Waals surface area contributed by atoms with Gasteiger partial charge in [0.15, 0.2) is 0 Å². The number of aliphatic hydroxyl groups is 2. The average molecular weight is 172 g/mol. The van der Waals surface area contributed by atoms with Crippen LogP contribution < -0.4 is 0 Å². The molecule has 0 heterocycles. The van der Waals surface area contributed by atoms with E-state index >= 15 is 0 Å². The molecule has 1 saturated carbocycles. The van der Waals surface area contributed by atoms with Gasteiger partial charge >= 0.3 is 0 Å². The molecule has 2 N–H and O–H groups in total. The fraction of sp³-hybridized carbons (Fsp3) is 1.00. The molecule has 0 aromatic carbocycles. The predicted octanol–water partition coefficient (Wildman–Crippen LogP) is 1.55. The van der Waals surface area contributed by atoms with Gasteiger partial charge in [0.25, 0.3) is 0 Å². The second-order valence-electron chi connectivity index (χ2n) is 4.99. The molecule has 1 rings (SSSR count). The first-order valence-corrected chi connectivity index (χ1v) is 4.79. The van der Waals surface area contributed by atoms with Gasteiger partial charge in [-0.25, -0.2) is 0 Å². The first-order chi connectivity index (χ1) is 5.43. The van der Waals surface area contributed by atoms with Crippen LogP contribution in [0.3, 0.4) is 0 Å². The molecule has 2 unspecified atom stereocenters. The average Bonchev–Trinajstić information content (AvgIpc) is 1.79. The summed E-state index contributed by atoms with van der Waals surface area (Å²) in [6.45, 7) is 5.87. The monoisotopic (exact) mass is 172 g/mol. The van der Waals surface area contributed by atoms with Crippen molar-refractivity contribution in [2.75, 3.05) is 0 Å². The van der Waals surface area contributed by atoms with Gasteiger partial charge in [-0.15, -0.1) is 0 Å². The minimum absolute atomic E-state index is 0.199. The van der Waals surface area contributed by atoms with Crippen molar-refractivity contribution >= 4 is 0 Å². The summed E-state index contributed by atoms with van der Waals surface area (Å²) in [6.07, 6.45) is 2.27. The highest BCUT2D eigenvalue weighted by atomic mass is 16.3. The summed E-state index contributed by atoms with van der Waals surface area (Å²) in [5.74, 6) is 0.347. The fourth-order valence-electron chi connectivity index (χ4n) is 1.55. The molecule has 0 spiro atoms. The maximum Gasteiger partial charge on any atom is 0.0849 e. The summed E-state index contributed by atoms with van der Waals surface area (Å²) in [7, 11) is 0. The zero-order valence-electron chi connectivity index (χ0n) is 8.25. The van der Waals surface area contributed by atoms with Crippen molar-refractivity contribution in [3.05, 3.63) is 0 Å². The minimum atomic E-state index is -0.581. The van der Waals surface area contributed by atoms with E-state index < -0.39 is 12.2 Å². The SMILES string of the molecule is CC(C)(C)C(O)C(O)C1CCC1. The molecule has 2 heteroatoms. The lowest BCUT2D eigenvalue weighted by Gasteiger charge is -2.38. The third-order valence-electron chi connectivity index (χ3n) is 2.84. The van der Waals surface area contributed by atoms with Crippen molar-refractivity contribution in [1.82, 2.24) is 0 Å². The van der Waals surface area contributed by atoms with Gasteiger partial charge in [-0.1, -0.05) is 27.2 Å². The maximum absolute atomic E-state index is 9.74. The van der Waals surface area contributed by atoms with Crippen molar-refractivity contribution in [3.63, 3.8) is 0 Å². The smallest absolute Gasteiger partial charge is 0.0849 e. The van der Waals surface area contributed by atoms with E-state index in [2.05, 4.69) is 0 Å². The van der Waals surface area contributed by atoms with Crippen LogP contribution in [0.15, 0.2) is 0 Å². The molecular formula is C10H20O2. The summed E-state index contributed by atoms with van der Waals surface area (Å²) in [5, 5.41) is 19.5. The van der Waals surface area contributed by atoms with Crippen molar-refractivity contribution < 1.29 is 10.2 Å². The zero-order chi connectivity index (χ0) is 9.35. The van der Waals surface area contributed by atoms with Gasteiger partial charge in [0.2, 0.25) is 0 Å². The molecule has 2 atom stereocenters. The van der Waals surface area contributed by atoms with Gasteiger partial charge < -0.3 is 10.2 Å². The number of hydrogen-bond acceptors (Lipinski definition) is 2. The molecule has 0 amide bonds. The van der Waals surface area contributed by atoms with E-state index in [-0.39, 0.29) is 5.41 Å². The summed E-state index contributed by atoms with van der Waals surface area (Å²) in [5.41, 5.74) is -0.199. The Morgan fingerprint density at radius 3 is 1.92 bits per heavy atom. The third kappa shape index (κ3) is 1.99. The fourth-order valence-corrected chi connectivity index (χ4v) is 1.55. The normalized spacial score (nSPS) is 24.8. The molecule has 1 aliphatic carbocycles. The second kappa shape index (κ2) is 3.35. The van der Waals surface area contributed by atoms with Crippen LogP contribution in [0.4, 0.5) is 0 Å². The van der Waals surface area contributed by atoms with E-state index in [1.165, 1.54) is 6.42 Å². The molecule has 72 valence electrons. The Hall–Kier alpha value is -0.0800. The number of aliphatic hydroxyl groups excluding tert-OH is 2. The lowest BCUT2D eigenvalue weighted by atomic mass is 9.74.